The van der Waals surface area contributed by atoms with E-state index in [-0.39, 0.29) is 55.0 Å². The number of imidazole rings is 1. The molecule has 0 radical (unpaired) electrons. The van der Waals surface area contributed by atoms with E-state index in [1.165, 1.54) is 17.8 Å². The fourth-order valence-corrected chi connectivity index (χ4v) is 8.79. The second-order valence-electron chi connectivity index (χ2n) is 15.6. The molecule has 2 aromatic heterocycles. The molecule has 0 unspecified atom stereocenters. The maximum Gasteiger partial charge on any atom is 0.327 e. The van der Waals surface area contributed by atoms with Gasteiger partial charge in [0.15, 0.2) is 5.65 Å². The molecule has 1 aromatic carbocycles. The van der Waals surface area contributed by atoms with Gasteiger partial charge in [0.2, 0.25) is 11.8 Å². The summed E-state index contributed by atoms with van der Waals surface area (Å²) in [6, 6.07) is 8.89. The molecule has 12 heteroatoms. The summed E-state index contributed by atoms with van der Waals surface area (Å²) < 4.78 is 17.5. The van der Waals surface area contributed by atoms with Gasteiger partial charge in [-0.25, -0.2) is 14.2 Å². The van der Waals surface area contributed by atoms with E-state index in [9.17, 15) is 14.4 Å². The lowest BCUT2D eigenvalue weighted by molar-refractivity contribution is -0.136. The fraction of sp³-hybridized carbons (Fsp3) is 0.611. The van der Waals surface area contributed by atoms with Gasteiger partial charge in [-0.3, -0.25) is 24.0 Å². The number of hydrogen-bond donors (Lipinski definition) is 1. The van der Waals surface area contributed by atoms with Gasteiger partial charge in [-0.1, -0.05) is 32.9 Å². The van der Waals surface area contributed by atoms with Crippen molar-refractivity contribution in [2.75, 3.05) is 50.7 Å². The van der Waals surface area contributed by atoms with E-state index in [4.69, 9.17) is 0 Å². The molecule has 48 heavy (non-hydrogen) atoms. The average molecular weight is 684 g/mol. The molecule has 3 aliphatic heterocycles. The number of likely N-dealkylation sites (tertiary alicyclic amines) is 1. The highest BCUT2D eigenvalue weighted by molar-refractivity contribution is 8.01. The Morgan fingerprint density at radius 1 is 1.00 bits per heavy atom. The number of amides is 2. The highest BCUT2D eigenvalue weighted by Crippen LogP contribution is 2.48. The van der Waals surface area contributed by atoms with Crippen molar-refractivity contribution in [2.24, 2.45) is 5.41 Å². The largest absolute Gasteiger partial charge is 0.366 e. The first kappa shape index (κ1) is 34.5. The van der Waals surface area contributed by atoms with Gasteiger partial charge < -0.3 is 14.7 Å². The van der Waals surface area contributed by atoms with Gasteiger partial charge in [-0.05, 0) is 63.6 Å². The van der Waals surface area contributed by atoms with E-state index in [2.05, 4.69) is 61.3 Å². The predicted molar refractivity (Wildman–Crippen MR) is 194 cm³/mol. The van der Waals surface area contributed by atoms with Crippen molar-refractivity contribution in [2.45, 2.75) is 89.4 Å². The number of pyridine rings is 1. The normalized spacial score (nSPS) is 21.9. The topological polar surface area (TPSA) is 97.8 Å². The molecule has 5 heterocycles. The number of nitrogens with one attached hydrogen (secondary N) is 1. The Morgan fingerprint density at radius 3 is 2.38 bits per heavy atom. The minimum atomic E-state index is -0.545. The lowest BCUT2D eigenvalue weighted by Gasteiger charge is -2.43. The Morgan fingerprint density at radius 2 is 1.71 bits per heavy atom. The van der Waals surface area contributed by atoms with Crippen molar-refractivity contribution in [1.82, 2.24) is 29.2 Å². The van der Waals surface area contributed by atoms with E-state index in [1.54, 1.807) is 16.8 Å². The van der Waals surface area contributed by atoms with Crippen molar-refractivity contribution < 1.29 is 16.8 Å². The van der Waals surface area contributed by atoms with Crippen LogP contribution in [0.5, 0.6) is 0 Å². The van der Waals surface area contributed by atoms with Crippen molar-refractivity contribution in [3.8, 4) is 0 Å². The number of halogens is 1. The number of para-hydroxylation sites is 1. The smallest absolute Gasteiger partial charge is 0.327 e. The molecule has 6 rings (SSSR count). The SMILES string of the molecule is CC(C)(C)CCN1C(=O)[C@H](CC(=O)N2CCC(n3c(=O)[nH]c4ncccc43)CC2)S[C@H]1c1cccc(F)c1N1CCN(C(C)(C)C)CC1.[HH].[HH]. The quantitative estimate of drug-likeness (QED) is 0.331. The summed E-state index contributed by atoms with van der Waals surface area (Å²) in [5.41, 5.74) is 2.59. The third kappa shape index (κ3) is 7.15. The number of nitrogens with zero attached hydrogens (tertiary/aromatic N) is 6. The van der Waals surface area contributed by atoms with Crippen LogP contribution in [-0.4, -0.2) is 97.7 Å². The van der Waals surface area contributed by atoms with E-state index < -0.39 is 5.25 Å². The van der Waals surface area contributed by atoms with Crippen LogP contribution >= 0.6 is 11.8 Å². The fourth-order valence-electron chi connectivity index (χ4n) is 7.30. The zero-order chi connectivity index (χ0) is 34.4. The molecule has 0 bridgehead atoms. The van der Waals surface area contributed by atoms with Crippen molar-refractivity contribution in [3.05, 3.63) is 58.4 Å². The van der Waals surface area contributed by atoms with Crippen molar-refractivity contribution in [1.29, 1.82) is 0 Å². The lowest BCUT2D eigenvalue weighted by Crippen LogP contribution is -2.53. The Bertz CT molecular complexity index is 1710. The Hall–Kier alpha value is -3.38. The number of hydrogen-bond acceptors (Lipinski definition) is 7. The van der Waals surface area contributed by atoms with E-state index in [1.807, 2.05) is 28.0 Å². The lowest BCUT2D eigenvalue weighted by atomic mass is 9.92. The molecular formula is C36H54FN7O3S. The van der Waals surface area contributed by atoms with Crippen molar-refractivity contribution >= 4 is 40.4 Å². The highest BCUT2D eigenvalue weighted by Gasteiger charge is 2.44. The maximum atomic E-state index is 15.8. The number of anilines is 1. The minimum Gasteiger partial charge on any atom is -0.366 e. The van der Waals surface area contributed by atoms with Crippen molar-refractivity contribution in [3.63, 3.8) is 0 Å². The molecule has 1 N–H and O–H groups in total. The Kier molecular flexibility index (Phi) is 9.70. The maximum absolute atomic E-state index is 15.8. The van der Waals surface area contributed by atoms with Crippen LogP contribution in [0.2, 0.25) is 0 Å². The summed E-state index contributed by atoms with van der Waals surface area (Å²) in [4.78, 5) is 55.9. The van der Waals surface area contributed by atoms with Gasteiger partial charge in [-0.2, -0.15) is 0 Å². The van der Waals surface area contributed by atoms with Gasteiger partial charge in [0, 0.05) is 78.4 Å². The molecule has 2 atom stereocenters. The number of H-pyrrole nitrogens is 1. The van der Waals surface area contributed by atoms with E-state index >= 15 is 4.39 Å². The number of piperazine rings is 1. The standard InChI is InChI=1S/C36H50FN7O3S.2H2/c1-35(2,3)14-18-43-32(46)28(23-29(45)40-16-12-24(13-17-40)44-27-11-8-15-38-31(27)39-34(44)47)48-33(43)25-9-7-10-26(37)30(25)41-19-21-42(22-20-41)36(4,5)6;;/h7-11,15,24,28,33H,12-14,16-23H2,1-6H3,(H,38,39,47);2*1H/t28-,33-;;/m0../s1. The summed E-state index contributed by atoms with van der Waals surface area (Å²) in [7, 11) is 0. The van der Waals surface area contributed by atoms with Crippen LogP contribution in [0.1, 0.15) is 87.1 Å². The molecule has 3 aliphatic rings. The molecule has 0 aliphatic carbocycles. The van der Waals surface area contributed by atoms with Gasteiger partial charge in [-0.15, -0.1) is 11.8 Å². The summed E-state index contributed by atoms with van der Waals surface area (Å²) >= 11 is 1.49. The van der Waals surface area contributed by atoms with Gasteiger partial charge in [0.1, 0.15) is 11.2 Å². The number of carbonyl (C=O) groups is 2. The first-order valence-electron chi connectivity index (χ1n) is 17.3. The van der Waals surface area contributed by atoms with Crippen LogP contribution in [0.15, 0.2) is 41.3 Å². The first-order chi connectivity index (χ1) is 22.7. The zero-order valence-corrected chi connectivity index (χ0v) is 30.0. The van der Waals surface area contributed by atoms with Gasteiger partial charge >= 0.3 is 5.69 Å². The number of benzene rings is 1. The molecule has 10 nitrogen and oxygen atoms in total. The van der Waals surface area contributed by atoms with Crippen LogP contribution < -0.4 is 10.6 Å². The van der Waals surface area contributed by atoms with Crippen LogP contribution in [0.3, 0.4) is 0 Å². The number of thioether (sulfide) groups is 1. The number of piperidine rings is 1. The van der Waals surface area contributed by atoms with E-state index in [0.29, 0.717) is 56.9 Å². The molecule has 3 saturated heterocycles. The predicted octanol–water partition coefficient (Wildman–Crippen LogP) is 5.91. The van der Waals surface area contributed by atoms with Crippen LogP contribution in [0.25, 0.3) is 11.2 Å². The second-order valence-corrected chi connectivity index (χ2v) is 16.9. The van der Waals surface area contributed by atoms with Gasteiger partial charge in [0.25, 0.3) is 0 Å². The second kappa shape index (κ2) is 13.5. The molecule has 3 aromatic rings. The van der Waals surface area contributed by atoms with E-state index in [0.717, 1.165) is 30.6 Å². The highest BCUT2D eigenvalue weighted by atomic mass is 32.2. The summed E-state index contributed by atoms with van der Waals surface area (Å²) in [6.07, 6.45) is 3.85. The van der Waals surface area contributed by atoms with Crippen LogP contribution in [0.4, 0.5) is 10.1 Å². The number of rotatable bonds is 7. The van der Waals surface area contributed by atoms with Crippen LogP contribution in [0, 0.1) is 11.2 Å². The Balaban J connectivity index is 0.00000281. The summed E-state index contributed by atoms with van der Waals surface area (Å²) in [6.45, 7) is 17.7. The molecule has 0 saturated carbocycles. The molecule has 0 spiro atoms. The summed E-state index contributed by atoms with van der Waals surface area (Å²) in [5, 5.41) is -0.923. The summed E-state index contributed by atoms with van der Waals surface area (Å²) in [5.74, 6) is -0.377. The number of fused-ring (bicyclic) bond motifs is 1. The molecule has 2 amide bonds. The number of aromatic amines is 1. The third-order valence-corrected chi connectivity index (χ3v) is 11.6. The number of aromatic nitrogens is 3. The monoisotopic (exact) mass is 683 g/mol. The molecule has 3 fully saturated rings. The molecular weight excluding hydrogens is 630 g/mol. The van der Waals surface area contributed by atoms with Gasteiger partial charge in [0.05, 0.1) is 16.5 Å². The minimum absolute atomic E-state index is 0. The Labute approximate surface area is 290 Å². The van der Waals surface area contributed by atoms with Crippen LogP contribution in [-0.2, 0) is 9.59 Å². The zero-order valence-electron chi connectivity index (χ0n) is 29.2. The first-order valence-corrected chi connectivity index (χ1v) is 18.2. The molecule has 264 valence electrons. The third-order valence-electron chi connectivity index (χ3n) is 10.1. The number of carbonyl (C=O) groups excluding carboxylic acids is 2. The average Bonchev–Trinajstić information content (AvgIpc) is 3.54.